The van der Waals surface area contributed by atoms with E-state index in [9.17, 15) is 14.4 Å². The van der Waals surface area contributed by atoms with Crippen molar-refractivity contribution in [3.8, 4) is 0 Å². The van der Waals surface area contributed by atoms with E-state index in [1.165, 1.54) is 0 Å². The Balaban J connectivity index is 3.76. The highest BCUT2D eigenvalue weighted by atomic mass is 16.2. The van der Waals surface area contributed by atoms with Gasteiger partial charge in [0.05, 0.1) is 5.54 Å². The highest BCUT2D eigenvalue weighted by Gasteiger charge is 2.34. The van der Waals surface area contributed by atoms with E-state index < -0.39 is 22.6 Å². The second kappa shape index (κ2) is 5.51. The Morgan fingerprint density at radius 3 is 1.89 bits per heavy atom. The van der Waals surface area contributed by atoms with Crippen molar-refractivity contribution in [2.75, 3.05) is 0 Å². The Labute approximate surface area is 109 Å². The van der Waals surface area contributed by atoms with Crippen molar-refractivity contribution < 1.29 is 0 Å². The molecule has 0 saturated heterocycles. The van der Waals surface area contributed by atoms with Crippen LogP contribution >= 0.6 is 0 Å². The van der Waals surface area contributed by atoms with E-state index in [0.29, 0.717) is 18.4 Å². The Morgan fingerprint density at radius 1 is 1.16 bits per heavy atom. The van der Waals surface area contributed by atoms with Crippen molar-refractivity contribution in [1.82, 2.24) is 14.5 Å². The number of aromatic amines is 2. The molecule has 0 unspecified atom stereocenters. The largest absolute Gasteiger partial charge is 0.334 e. The van der Waals surface area contributed by atoms with Crippen LogP contribution in [0.25, 0.3) is 0 Å². The SMILES string of the molecule is C=CCC(CC=C)(C(=C)C)n1c(=O)[nH]c(=O)[nH]c1=O. The van der Waals surface area contributed by atoms with E-state index in [-0.39, 0.29) is 0 Å². The van der Waals surface area contributed by atoms with Crippen LogP contribution in [0.1, 0.15) is 19.8 Å². The third-order valence-electron chi connectivity index (χ3n) is 3.03. The summed E-state index contributed by atoms with van der Waals surface area (Å²) in [5, 5.41) is 0. The van der Waals surface area contributed by atoms with Crippen molar-refractivity contribution in [3.63, 3.8) is 0 Å². The molecule has 6 nitrogen and oxygen atoms in total. The summed E-state index contributed by atoms with van der Waals surface area (Å²) in [4.78, 5) is 39.1. The summed E-state index contributed by atoms with van der Waals surface area (Å²) >= 11 is 0. The third kappa shape index (κ3) is 2.57. The average Bonchev–Trinajstić information content (AvgIpc) is 2.27. The Hall–Kier alpha value is -2.37. The summed E-state index contributed by atoms with van der Waals surface area (Å²) < 4.78 is 0.958. The minimum atomic E-state index is -0.974. The van der Waals surface area contributed by atoms with Gasteiger partial charge in [-0.15, -0.1) is 13.2 Å². The van der Waals surface area contributed by atoms with Crippen molar-refractivity contribution in [2.24, 2.45) is 0 Å². The zero-order valence-corrected chi connectivity index (χ0v) is 10.9. The van der Waals surface area contributed by atoms with E-state index in [1.54, 1.807) is 19.1 Å². The van der Waals surface area contributed by atoms with Crippen LogP contribution in [0, 0.1) is 0 Å². The minimum Gasteiger partial charge on any atom is -0.259 e. The molecular formula is C13H17N3O3. The number of nitrogens with one attached hydrogen (secondary N) is 2. The first kappa shape index (κ1) is 14.7. The van der Waals surface area contributed by atoms with Gasteiger partial charge in [-0.25, -0.2) is 19.0 Å². The second-order valence-electron chi connectivity index (χ2n) is 4.32. The zero-order valence-electron chi connectivity index (χ0n) is 10.9. The lowest BCUT2D eigenvalue weighted by Crippen LogP contribution is -2.53. The normalized spacial score (nSPS) is 11.0. The Bertz CT molecular complexity index is 631. The molecule has 0 saturated carbocycles. The van der Waals surface area contributed by atoms with Crippen LogP contribution in [0.5, 0.6) is 0 Å². The molecule has 102 valence electrons. The van der Waals surface area contributed by atoms with Gasteiger partial charge in [-0.05, 0) is 19.8 Å². The maximum absolute atomic E-state index is 11.9. The van der Waals surface area contributed by atoms with E-state index in [4.69, 9.17) is 0 Å². The molecule has 0 aromatic carbocycles. The molecule has 1 aromatic rings. The summed E-state index contributed by atoms with van der Waals surface area (Å²) in [6.07, 6.45) is 3.83. The fraction of sp³-hybridized carbons (Fsp3) is 0.308. The maximum atomic E-state index is 11.9. The van der Waals surface area contributed by atoms with Crippen LogP contribution < -0.4 is 17.1 Å². The monoisotopic (exact) mass is 263 g/mol. The summed E-state index contributed by atoms with van der Waals surface area (Å²) in [5.74, 6) is 0. The Morgan fingerprint density at radius 2 is 1.58 bits per heavy atom. The molecule has 1 aromatic heterocycles. The molecule has 0 amide bonds. The number of rotatable bonds is 6. The van der Waals surface area contributed by atoms with Gasteiger partial charge >= 0.3 is 17.1 Å². The molecule has 0 radical (unpaired) electrons. The topological polar surface area (TPSA) is 87.7 Å². The molecular weight excluding hydrogens is 246 g/mol. The van der Waals surface area contributed by atoms with Crippen LogP contribution in [0.2, 0.25) is 0 Å². The number of hydrogen-bond acceptors (Lipinski definition) is 3. The first-order valence-electron chi connectivity index (χ1n) is 5.73. The molecule has 1 heterocycles. The van der Waals surface area contributed by atoms with Gasteiger partial charge in [0.2, 0.25) is 0 Å². The van der Waals surface area contributed by atoms with Gasteiger partial charge in [-0.1, -0.05) is 24.3 Å². The van der Waals surface area contributed by atoms with Crippen molar-refractivity contribution in [3.05, 3.63) is 68.9 Å². The van der Waals surface area contributed by atoms with Crippen LogP contribution in [0.4, 0.5) is 0 Å². The van der Waals surface area contributed by atoms with Crippen LogP contribution in [-0.4, -0.2) is 14.5 Å². The smallest absolute Gasteiger partial charge is 0.259 e. The van der Waals surface area contributed by atoms with E-state index in [0.717, 1.165) is 4.57 Å². The summed E-state index contributed by atoms with van der Waals surface area (Å²) in [5.41, 5.74) is -2.76. The van der Waals surface area contributed by atoms with Gasteiger partial charge in [0.25, 0.3) is 0 Å². The van der Waals surface area contributed by atoms with Gasteiger partial charge in [0.15, 0.2) is 0 Å². The molecule has 0 aliphatic carbocycles. The average molecular weight is 263 g/mol. The van der Waals surface area contributed by atoms with Crippen molar-refractivity contribution >= 4 is 0 Å². The number of H-pyrrole nitrogens is 2. The predicted molar refractivity (Wildman–Crippen MR) is 74.4 cm³/mol. The molecule has 0 aliphatic rings. The standard InChI is InChI=1S/C13H17N3O3/c1-5-7-13(8-6-2,9(3)4)16-11(18)14-10(17)15-12(16)19/h5-6H,1-3,7-8H2,4H3,(H2,14,15,17,18,19). The first-order valence-corrected chi connectivity index (χ1v) is 5.73. The molecule has 0 bridgehead atoms. The molecule has 2 N–H and O–H groups in total. The van der Waals surface area contributed by atoms with E-state index in [1.807, 2.05) is 9.97 Å². The second-order valence-corrected chi connectivity index (χ2v) is 4.32. The van der Waals surface area contributed by atoms with Crippen LogP contribution in [0.15, 0.2) is 51.8 Å². The fourth-order valence-electron chi connectivity index (χ4n) is 2.10. The van der Waals surface area contributed by atoms with Crippen molar-refractivity contribution in [1.29, 1.82) is 0 Å². The predicted octanol–water partition coefficient (Wildman–Crippen LogP) is 0.648. The first-order chi connectivity index (χ1) is 8.89. The van der Waals surface area contributed by atoms with Gasteiger partial charge in [-0.2, -0.15) is 0 Å². The molecule has 0 fully saturated rings. The highest BCUT2D eigenvalue weighted by molar-refractivity contribution is 5.16. The molecule has 0 atom stereocenters. The third-order valence-corrected chi connectivity index (χ3v) is 3.03. The van der Waals surface area contributed by atoms with E-state index in [2.05, 4.69) is 19.7 Å². The van der Waals surface area contributed by atoms with Gasteiger partial charge < -0.3 is 0 Å². The number of hydrogen-bond donors (Lipinski definition) is 2. The lowest BCUT2D eigenvalue weighted by atomic mass is 9.84. The molecule has 1 rings (SSSR count). The van der Waals surface area contributed by atoms with E-state index >= 15 is 0 Å². The molecule has 0 aliphatic heterocycles. The highest BCUT2D eigenvalue weighted by Crippen LogP contribution is 2.30. The number of nitrogens with zero attached hydrogens (tertiary/aromatic N) is 1. The lowest BCUT2D eigenvalue weighted by molar-refractivity contribution is 0.320. The summed E-state index contributed by atoms with van der Waals surface area (Å²) in [6, 6.07) is 0. The molecule has 6 heteroatoms. The van der Waals surface area contributed by atoms with Crippen molar-refractivity contribution in [2.45, 2.75) is 25.3 Å². The quantitative estimate of drug-likeness (QED) is 0.739. The fourth-order valence-corrected chi connectivity index (χ4v) is 2.10. The zero-order chi connectivity index (χ0) is 14.6. The minimum absolute atomic E-state index is 0.323. The van der Waals surface area contributed by atoms with Gasteiger partial charge in [0, 0.05) is 0 Å². The molecule has 19 heavy (non-hydrogen) atoms. The lowest BCUT2D eigenvalue weighted by Gasteiger charge is -2.33. The Kier molecular flexibility index (Phi) is 4.26. The van der Waals surface area contributed by atoms with Gasteiger partial charge in [-0.3, -0.25) is 9.97 Å². The van der Waals surface area contributed by atoms with Crippen LogP contribution in [-0.2, 0) is 5.54 Å². The van der Waals surface area contributed by atoms with Crippen LogP contribution in [0.3, 0.4) is 0 Å². The maximum Gasteiger partial charge on any atom is 0.334 e. The molecule has 0 spiro atoms. The number of allylic oxidation sites excluding steroid dienone is 3. The van der Waals surface area contributed by atoms with Gasteiger partial charge in [0.1, 0.15) is 0 Å². The summed E-state index contributed by atoms with van der Waals surface area (Å²) in [7, 11) is 0. The summed E-state index contributed by atoms with van der Waals surface area (Å²) in [6.45, 7) is 12.8. The number of aromatic nitrogens is 3.